The second-order valence-electron chi connectivity index (χ2n) is 2.51. The number of rotatable bonds is 3. The Bertz CT molecular complexity index is 161. The molecule has 0 aromatic carbocycles. The highest BCUT2D eigenvalue weighted by molar-refractivity contribution is 6.51. The Kier molecular flexibility index (Phi) is 2.89. The van der Waals surface area contributed by atoms with Crippen LogP contribution in [0.2, 0.25) is 5.21 Å². The van der Waals surface area contributed by atoms with Crippen LogP contribution in [0.4, 0.5) is 0 Å². The average molecular weight is 143 g/mol. The summed E-state index contributed by atoms with van der Waals surface area (Å²) < 4.78 is 0. The molecule has 2 N–H and O–H groups in total. The maximum absolute atomic E-state index is 10.2. The second kappa shape index (κ2) is 2.97. The van der Waals surface area contributed by atoms with Crippen LogP contribution in [0, 0.1) is 0 Å². The minimum absolute atomic E-state index is 0.630. The van der Waals surface area contributed by atoms with Gasteiger partial charge in [-0.2, -0.15) is 0 Å². The Balaban J connectivity index is 4.25. The van der Waals surface area contributed by atoms with Gasteiger partial charge in [0.15, 0.2) is 0 Å². The van der Waals surface area contributed by atoms with E-state index in [1.807, 2.05) is 0 Å². The minimum Gasteiger partial charge on any atom is -0.482 e. The number of carboxylic acids is 1. The van der Waals surface area contributed by atoms with Crippen molar-refractivity contribution in [3.05, 3.63) is 0 Å². The molecule has 0 unspecified atom stereocenters. The van der Waals surface area contributed by atoms with Gasteiger partial charge in [-0.15, -0.1) is 0 Å². The molecular weight excluding hydrogens is 139 g/mol. The molecule has 0 aliphatic carbocycles. The van der Waals surface area contributed by atoms with Gasteiger partial charge in [0.05, 0.1) is 31.4 Å². The van der Waals surface area contributed by atoms with Crippen molar-refractivity contribution in [3.63, 3.8) is 0 Å². The number of hydrogen-bond donors (Lipinski definition) is 2. The van der Waals surface area contributed by atoms with Crippen LogP contribution >= 0.6 is 0 Å². The predicted molar refractivity (Wildman–Crippen MR) is 42.9 cm³/mol. The van der Waals surface area contributed by atoms with Gasteiger partial charge in [0, 0.05) is 0 Å². The largest absolute Gasteiger partial charge is 0.482 e. The first-order valence-electron chi connectivity index (χ1n) is 2.76. The quantitative estimate of drug-likeness (QED) is 0.445. The maximum atomic E-state index is 10.2. The fraction of sp³-hybridized carbons (Fsp3) is 0.750. The lowest BCUT2D eigenvalue weighted by atomic mass is 9.45. The lowest BCUT2D eigenvalue weighted by Crippen LogP contribution is -2.39. The Labute approximate surface area is 70.2 Å². The van der Waals surface area contributed by atoms with E-state index in [9.17, 15) is 4.79 Å². The molecule has 50 valence electrons. The Morgan fingerprint density at radius 2 is 1.64 bits per heavy atom. The molecule has 0 atom stereocenters. The van der Waals surface area contributed by atoms with E-state index in [1.54, 1.807) is 0 Å². The van der Waals surface area contributed by atoms with E-state index in [0.717, 1.165) is 0 Å². The van der Waals surface area contributed by atoms with Gasteiger partial charge in [-0.3, -0.25) is 4.79 Å². The number of carboxylic acid groups (broad SMARTS) is 1. The maximum Gasteiger partial charge on any atom is 0.292 e. The molecule has 0 heterocycles. The molecule has 0 saturated carbocycles. The summed E-state index contributed by atoms with van der Waals surface area (Å²) >= 11 is 0. The minimum atomic E-state index is -2.16. The number of aliphatic carboxylic acids is 1. The lowest BCUT2D eigenvalue weighted by Gasteiger charge is -2.29. The first-order chi connectivity index (χ1) is 4.65. The van der Waals surface area contributed by atoms with Crippen molar-refractivity contribution in [3.8, 4) is 0 Å². The smallest absolute Gasteiger partial charge is 0.292 e. The molecule has 11 heavy (non-hydrogen) atoms. The van der Waals surface area contributed by atoms with Crippen molar-refractivity contribution >= 4 is 37.4 Å². The molecule has 0 bridgehead atoms. The van der Waals surface area contributed by atoms with Crippen LogP contribution < -0.4 is 0 Å². The highest BCUT2D eigenvalue weighted by Gasteiger charge is 2.31. The monoisotopic (exact) mass is 144 g/mol. The molecule has 0 aromatic rings. The molecule has 3 nitrogen and oxygen atoms in total. The predicted octanol–water partition coefficient (Wildman–Crippen LogP) is -2.10. The highest BCUT2D eigenvalue weighted by Crippen LogP contribution is 2.25. The number of hydrogen-bond acceptors (Lipinski definition) is 2. The molecule has 7 heteroatoms. The van der Waals surface area contributed by atoms with Crippen molar-refractivity contribution in [1.29, 1.82) is 0 Å². The molecule has 0 fully saturated rings. The summed E-state index contributed by atoms with van der Waals surface area (Å²) in [7, 11) is 19.7. The Morgan fingerprint density at radius 1 is 1.27 bits per heavy atom. The zero-order chi connectivity index (χ0) is 9.28. The normalized spacial score (nSPS) is 12.8. The molecule has 0 aromatic heterocycles. The van der Waals surface area contributed by atoms with E-state index >= 15 is 0 Å². The van der Waals surface area contributed by atoms with Gasteiger partial charge in [-0.25, -0.2) is 0 Å². The SMILES string of the molecule is [B]C([B])(O)CC([B])([B])C(=O)O. The number of aliphatic hydroxyl groups is 1. The van der Waals surface area contributed by atoms with Crippen LogP contribution in [0.1, 0.15) is 6.42 Å². The summed E-state index contributed by atoms with van der Waals surface area (Å²) in [6.07, 6.45) is -0.630. The topological polar surface area (TPSA) is 57.5 Å². The van der Waals surface area contributed by atoms with Gasteiger partial charge in [-0.05, 0) is 17.0 Å². The Hall–Kier alpha value is -0.310. The van der Waals surface area contributed by atoms with E-state index in [0.29, 0.717) is 0 Å². The third-order valence-electron chi connectivity index (χ3n) is 0.974. The lowest BCUT2D eigenvalue weighted by molar-refractivity contribution is -0.138. The zero-order valence-electron chi connectivity index (χ0n) is 5.82. The summed E-state index contributed by atoms with van der Waals surface area (Å²) in [5.74, 6) is -1.48. The third kappa shape index (κ3) is 4.19. The molecule has 8 radical (unpaired) electrons. The first kappa shape index (κ1) is 10.7. The van der Waals surface area contributed by atoms with Gasteiger partial charge in [0.25, 0.3) is 5.97 Å². The fourth-order valence-electron chi connectivity index (χ4n) is 0.544. The van der Waals surface area contributed by atoms with Gasteiger partial charge >= 0.3 is 0 Å². The highest BCUT2D eigenvalue weighted by atomic mass is 16.4. The van der Waals surface area contributed by atoms with Crippen molar-refractivity contribution in [2.75, 3.05) is 0 Å². The summed E-state index contributed by atoms with van der Waals surface area (Å²) in [5, 5.41) is 12.8. The van der Waals surface area contributed by atoms with Crippen LogP contribution in [0.15, 0.2) is 0 Å². The van der Waals surface area contributed by atoms with Crippen molar-refractivity contribution in [1.82, 2.24) is 0 Å². The molecule has 0 amide bonds. The van der Waals surface area contributed by atoms with Crippen LogP contribution in [0.5, 0.6) is 0 Å². The first-order valence-corrected chi connectivity index (χ1v) is 2.76. The summed E-state index contributed by atoms with van der Waals surface area (Å²) in [4.78, 5) is 10.2. The molecule has 0 spiro atoms. The summed E-state index contributed by atoms with van der Waals surface area (Å²) in [6.45, 7) is 0. The van der Waals surface area contributed by atoms with E-state index < -0.39 is 23.0 Å². The van der Waals surface area contributed by atoms with Gasteiger partial charge < -0.3 is 10.2 Å². The van der Waals surface area contributed by atoms with E-state index in [1.165, 1.54) is 0 Å². The van der Waals surface area contributed by atoms with Gasteiger partial charge in [0.2, 0.25) is 0 Å². The summed E-state index contributed by atoms with van der Waals surface area (Å²) in [5.41, 5.74) is 0. The molecular formula is C4H4B4O3. The standard InChI is InChI=1S/C4H4B4O3/c5-3(6,2(9)10)1-4(7,8)11/h11H,1H2,(H,9,10). The van der Waals surface area contributed by atoms with Gasteiger partial charge in [0.1, 0.15) is 0 Å². The molecule has 0 rings (SSSR count). The van der Waals surface area contributed by atoms with Crippen LogP contribution in [0.3, 0.4) is 0 Å². The second-order valence-corrected chi connectivity index (χ2v) is 2.51. The molecule has 0 aliphatic rings. The third-order valence-corrected chi connectivity index (χ3v) is 0.974. The van der Waals surface area contributed by atoms with Crippen LogP contribution in [0.25, 0.3) is 0 Å². The molecule has 0 saturated heterocycles. The van der Waals surface area contributed by atoms with Crippen molar-refractivity contribution in [2.45, 2.75) is 17.0 Å². The average Bonchev–Trinajstić information content (AvgIpc) is 1.56. The fourth-order valence-corrected chi connectivity index (χ4v) is 0.544. The van der Waals surface area contributed by atoms with E-state index in [2.05, 4.69) is 0 Å². The Morgan fingerprint density at radius 3 is 1.73 bits per heavy atom. The van der Waals surface area contributed by atoms with Gasteiger partial charge in [-0.1, -0.05) is 0 Å². The van der Waals surface area contributed by atoms with Crippen LogP contribution in [-0.2, 0) is 4.79 Å². The van der Waals surface area contributed by atoms with E-state index in [4.69, 9.17) is 41.6 Å². The van der Waals surface area contributed by atoms with E-state index in [-0.39, 0.29) is 0 Å². The van der Waals surface area contributed by atoms with Crippen molar-refractivity contribution in [2.24, 2.45) is 0 Å². The van der Waals surface area contributed by atoms with Crippen molar-refractivity contribution < 1.29 is 15.0 Å². The number of carbonyl (C=O) groups is 1. The zero-order valence-corrected chi connectivity index (χ0v) is 5.82. The molecule has 0 aliphatic heterocycles. The van der Waals surface area contributed by atoms with Crippen LogP contribution in [-0.4, -0.2) is 53.0 Å². The summed E-state index contributed by atoms with van der Waals surface area (Å²) in [6, 6.07) is 0.